The minimum absolute atomic E-state index is 0.564. The number of aryl methyl sites for hydroxylation is 1. The van der Waals surface area contributed by atoms with Crippen LogP contribution in [0, 0.1) is 18.8 Å². The number of hydrogen-bond acceptors (Lipinski definition) is 1. The van der Waals surface area contributed by atoms with Crippen LogP contribution in [0.4, 0.5) is 0 Å². The van der Waals surface area contributed by atoms with E-state index >= 15 is 0 Å². The maximum Gasteiger partial charge on any atom is 0.0121 e. The molecule has 0 spiro atoms. The second-order valence-electron chi connectivity index (χ2n) is 6.61. The van der Waals surface area contributed by atoms with Crippen molar-refractivity contribution in [3.63, 3.8) is 0 Å². The first-order valence-corrected chi connectivity index (χ1v) is 7.88. The van der Waals surface area contributed by atoms with Crippen LogP contribution in [0.3, 0.4) is 0 Å². The summed E-state index contributed by atoms with van der Waals surface area (Å²) in [5.41, 5.74) is 2.90. The Balaban J connectivity index is 1.93. The number of nitrogens with one attached hydrogen (secondary N) is 1. The van der Waals surface area contributed by atoms with Gasteiger partial charge in [-0.3, -0.25) is 0 Å². The fraction of sp³-hybridized carbons (Fsp3) is 0.667. The fourth-order valence-electron chi connectivity index (χ4n) is 3.57. The van der Waals surface area contributed by atoms with Crippen molar-refractivity contribution in [2.24, 2.45) is 11.8 Å². The molecule has 106 valence electrons. The van der Waals surface area contributed by atoms with Crippen LogP contribution in [-0.4, -0.2) is 12.1 Å². The van der Waals surface area contributed by atoms with Crippen molar-refractivity contribution in [3.8, 4) is 0 Å². The lowest BCUT2D eigenvalue weighted by Crippen LogP contribution is -2.47. The molecule has 3 unspecified atom stereocenters. The van der Waals surface area contributed by atoms with Crippen molar-refractivity contribution in [3.05, 3.63) is 35.4 Å². The second-order valence-corrected chi connectivity index (χ2v) is 6.61. The lowest BCUT2D eigenvalue weighted by Gasteiger charge is -2.37. The summed E-state index contributed by atoms with van der Waals surface area (Å²) in [6.45, 7) is 9.37. The second kappa shape index (κ2) is 6.56. The zero-order valence-electron chi connectivity index (χ0n) is 12.9. The summed E-state index contributed by atoms with van der Waals surface area (Å²) >= 11 is 0. The van der Waals surface area contributed by atoms with Gasteiger partial charge in [0.2, 0.25) is 0 Å². The Morgan fingerprint density at radius 3 is 2.42 bits per heavy atom. The van der Waals surface area contributed by atoms with E-state index in [2.05, 4.69) is 57.3 Å². The van der Waals surface area contributed by atoms with Crippen LogP contribution in [-0.2, 0) is 6.42 Å². The van der Waals surface area contributed by atoms with Gasteiger partial charge in [-0.2, -0.15) is 0 Å². The molecular weight excluding hydrogens is 230 g/mol. The molecule has 0 amide bonds. The third-order valence-electron chi connectivity index (χ3n) is 4.81. The van der Waals surface area contributed by atoms with Gasteiger partial charge in [-0.25, -0.2) is 0 Å². The zero-order valence-corrected chi connectivity index (χ0v) is 12.9. The molecule has 0 aromatic heterocycles. The predicted molar refractivity (Wildman–Crippen MR) is 83.4 cm³/mol. The molecule has 1 aliphatic carbocycles. The van der Waals surface area contributed by atoms with Crippen LogP contribution >= 0.6 is 0 Å². The van der Waals surface area contributed by atoms with Crippen LogP contribution < -0.4 is 5.32 Å². The number of rotatable bonds is 4. The quantitative estimate of drug-likeness (QED) is 0.848. The highest BCUT2D eigenvalue weighted by molar-refractivity contribution is 5.26. The van der Waals surface area contributed by atoms with E-state index in [9.17, 15) is 0 Å². The molecule has 1 saturated carbocycles. The molecule has 0 bridgehead atoms. The summed E-state index contributed by atoms with van der Waals surface area (Å²) in [5.74, 6) is 1.64. The van der Waals surface area contributed by atoms with Crippen LogP contribution in [0.25, 0.3) is 0 Å². The molecule has 1 heteroatoms. The first-order chi connectivity index (χ1) is 9.08. The van der Waals surface area contributed by atoms with Gasteiger partial charge in [-0.05, 0) is 56.1 Å². The van der Waals surface area contributed by atoms with E-state index < -0.39 is 0 Å². The smallest absolute Gasteiger partial charge is 0.0121 e. The topological polar surface area (TPSA) is 12.0 Å². The van der Waals surface area contributed by atoms with Crippen molar-refractivity contribution >= 4 is 0 Å². The molecule has 0 heterocycles. The maximum atomic E-state index is 3.89. The Morgan fingerprint density at radius 1 is 1.16 bits per heavy atom. The van der Waals surface area contributed by atoms with Gasteiger partial charge in [-0.15, -0.1) is 0 Å². The van der Waals surface area contributed by atoms with Crippen molar-refractivity contribution in [1.29, 1.82) is 0 Å². The lowest BCUT2D eigenvalue weighted by molar-refractivity contribution is 0.195. The van der Waals surface area contributed by atoms with E-state index in [1.54, 1.807) is 0 Å². The standard InChI is InChI=1S/C18H29N/c1-13-8-5-6-11-17(13)12-16(4)19-18-14(2)9-7-10-15(18)3/h5-6,8,11,14-16,18-19H,7,9-10,12H2,1-4H3. The average Bonchev–Trinajstić information content (AvgIpc) is 2.37. The fourth-order valence-corrected chi connectivity index (χ4v) is 3.57. The molecule has 1 aromatic carbocycles. The van der Waals surface area contributed by atoms with Crippen molar-refractivity contribution < 1.29 is 0 Å². The van der Waals surface area contributed by atoms with E-state index in [4.69, 9.17) is 0 Å². The van der Waals surface area contributed by atoms with Gasteiger partial charge in [0.25, 0.3) is 0 Å². The van der Waals surface area contributed by atoms with Crippen molar-refractivity contribution in [2.45, 2.75) is 65.5 Å². The summed E-state index contributed by atoms with van der Waals surface area (Å²) in [5, 5.41) is 3.89. The Morgan fingerprint density at radius 2 is 1.79 bits per heavy atom. The molecule has 1 N–H and O–H groups in total. The molecule has 1 aromatic rings. The van der Waals surface area contributed by atoms with E-state index in [0.29, 0.717) is 12.1 Å². The third kappa shape index (κ3) is 3.82. The van der Waals surface area contributed by atoms with Gasteiger partial charge in [0.15, 0.2) is 0 Å². The minimum atomic E-state index is 0.564. The minimum Gasteiger partial charge on any atom is -0.311 e. The van der Waals surface area contributed by atoms with E-state index in [1.807, 2.05) is 0 Å². The van der Waals surface area contributed by atoms with Gasteiger partial charge in [0, 0.05) is 12.1 Å². The first kappa shape index (κ1) is 14.6. The molecule has 0 radical (unpaired) electrons. The van der Waals surface area contributed by atoms with Gasteiger partial charge in [0.1, 0.15) is 0 Å². The first-order valence-electron chi connectivity index (χ1n) is 7.88. The normalized spacial score (nSPS) is 29.2. The zero-order chi connectivity index (χ0) is 13.8. The lowest BCUT2D eigenvalue weighted by atomic mass is 9.78. The van der Waals surface area contributed by atoms with Gasteiger partial charge < -0.3 is 5.32 Å². The molecule has 2 rings (SSSR count). The summed E-state index contributed by atoms with van der Waals surface area (Å²) in [7, 11) is 0. The Bertz CT molecular complexity index is 388. The van der Waals surface area contributed by atoms with Crippen molar-refractivity contribution in [1.82, 2.24) is 5.32 Å². The Kier molecular flexibility index (Phi) is 5.04. The molecular formula is C18H29N. The van der Waals surface area contributed by atoms with Gasteiger partial charge in [0.05, 0.1) is 0 Å². The molecule has 0 aliphatic heterocycles. The highest BCUT2D eigenvalue weighted by atomic mass is 15.0. The predicted octanol–water partition coefficient (Wildman–Crippen LogP) is 4.34. The van der Waals surface area contributed by atoms with E-state index in [-0.39, 0.29) is 0 Å². The Labute approximate surface area is 118 Å². The highest BCUT2D eigenvalue weighted by Crippen LogP contribution is 2.29. The van der Waals surface area contributed by atoms with Gasteiger partial charge >= 0.3 is 0 Å². The Hall–Kier alpha value is -0.820. The van der Waals surface area contributed by atoms with Crippen LogP contribution in [0.2, 0.25) is 0 Å². The molecule has 0 saturated heterocycles. The largest absolute Gasteiger partial charge is 0.311 e. The number of benzene rings is 1. The summed E-state index contributed by atoms with van der Waals surface area (Å²) in [6.07, 6.45) is 5.33. The molecule has 1 nitrogen and oxygen atoms in total. The van der Waals surface area contributed by atoms with Gasteiger partial charge in [-0.1, -0.05) is 44.5 Å². The number of hydrogen-bond donors (Lipinski definition) is 1. The van der Waals surface area contributed by atoms with E-state index in [1.165, 1.54) is 30.4 Å². The van der Waals surface area contributed by atoms with Crippen LogP contribution in [0.1, 0.15) is 51.2 Å². The maximum absolute atomic E-state index is 3.89. The van der Waals surface area contributed by atoms with Crippen LogP contribution in [0.5, 0.6) is 0 Å². The van der Waals surface area contributed by atoms with Crippen molar-refractivity contribution in [2.75, 3.05) is 0 Å². The average molecular weight is 259 g/mol. The summed E-state index contributed by atoms with van der Waals surface area (Å²) < 4.78 is 0. The summed E-state index contributed by atoms with van der Waals surface area (Å²) in [6, 6.07) is 10.0. The molecule has 1 fully saturated rings. The SMILES string of the molecule is Cc1ccccc1CC(C)NC1C(C)CCCC1C. The third-order valence-corrected chi connectivity index (χ3v) is 4.81. The molecule has 3 atom stereocenters. The molecule has 1 aliphatic rings. The summed E-state index contributed by atoms with van der Waals surface area (Å²) in [4.78, 5) is 0. The molecule has 19 heavy (non-hydrogen) atoms. The highest BCUT2D eigenvalue weighted by Gasteiger charge is 2.28. The van der Waals surface area contributed by atoms with E-state index in [0.717, 1.165) is 18.3 Å². The van der Waals surface area contributed by atoms with Crippen LogP contribution in [0.15, 0.2) is 24.3 Å². The monoisotopic (exact) mass is 259 g/mol.